The Balaban J connectivity index is 2.75. The number of rotatable bonds is 5. The second kappa shape index (κ2) is 7.16. The highest BCUT2D eigenvalue weighted by Gasteiger charge is 2.14. The van der Waals surface area contributed by atoms with E-state index < -0.39 is 0 Å². The highest BCUT2D eigenvalue weighted by molar-refractivity contribution is 14.1. The van der Waals surface area contributed by atoms with Gasteiger partial charge in [-0.05, 0) is 53.6 Å². The van der Waals surface area contributed by atoms with Crippen molar-refractivity contribution >= 4 is 40.1 Å². The van der Waals surface area contributed by atoms with Crippen LogP contribution < -0.4 is 5.32 Å². The number of carbonyl (C=O) groups excluding carboxylic acids is 1. The first-order chi connectivity index (χ1) is 8.08. The number of benzene rings is 1. The van der Waals surface area contributed by atoms with E-state index in [1.165, 1.54) is 18.2 Å². The lowest BCUT2D eigenvalue weighted by Crippen LogP contribution is -2.35. The number of amides is 1. The predicted octanol–water partition coefficient (Wildman–Crippen LogP) is 3.57. The Bertz CT molecular complexity index is 400. The van der Waals surface area contributed by atoms with Crippen LogP contribution in [-0.4, -0.2) is 17.8 Å². The summed E-state index contributed by atoms with van der Waals surface area (Å²) in [5.74, 6) is 0.00404. The smallest absolute Gasteiger partial charge is 0.252 e. The second-order valence-electron chi connectivity index (χ2n) is 3.68. The highest BCUT2D eigenvalue weighted by Crippen LogP contribution is 2.14. The van der Waals surface area contributed by atoms with Crippen LogP contribution >= 0.6 is 34.2 Å². The number of hydrogen-bond acceptors (Lipinski definition) is 1. The Morgan fingerprint density at radius 1 is 1.59 bits per heavy atom. The molecule has 1 unspecified atom stereocenters. The van der Waals surface area contributed by atoms with Crippen LogP contribution in [0.2, 0.25) is 0 Å². The summed E-state index contributed by atoms with van der Waals surface area (Å²) in [6.45, 7) is 1.99. The van der Waals surface area contributed by atoms with Crippen LogP contribution in [0.25, 0.3) is 0 Å². The van der Waals surface area contributed by atoms with Gasteiger partial charge in [-0.25, -0.2) is 4.39 Å². The van der Waals surface area contributed by atoms with Gasteiger partial charge in [-0.1, -0.05) is 6.92 Å². The van der Waals surface area contributed by atoms with Gasteiger partial charge < -0.3 is 5.32 Å². The molecule has 1 atom stereocenters. The zero-order chi connectivity index (χ0) is 12.8. The van der Waals surface area contributed by atoms with Crippen LogP contribution in [0, 0.1) is 9.39 Å². The Kier molecular flexibility index (Phi) is 6.19. The Morgan fingerprint density at radius 3 is 2.82 bits per heavy atom. The molecule has 0 saturated carbocycles. The molecule has 0 heterocycles. The third-order valence-electron chi connectivity index (χ3n) is 2.46. The average molecular weight is 370 g/mol. The molecule has 0 aliphatic rings. The van der Waals surface area contributed by atoms with E-state index in [9.17, 15) is 9.18 Å². The number of nitrogens with one attached hydrogen (secondary N) is 1. The van der Waals surface area contributed by atoms with Crippen LogP contribution in [0.4, 0.5) is 4.39 Å². The number of carbonyl (C=O) groups is 1. The lowest BCUT2D eigenvalue weighted by atomic mass is 10.1. The maximum atomic E-state index is 12.9. The molecule has 1 aromatic carbocycles. The molecule has 0 aromatic heterocycles. The molecule has 0 saturated heterocycles. The first-order valence-electron chi connectivity index (χ1n) is 5.40. The van der Waals surface area contributed by atoms with Crippen molar-refractivity contribution in [2.45, 2.75) is 25.8 Å². The van der Waals surface area contributed by atoms with Crippen molar-refractivity contribution in [2.24, 2.45) is 0 Å². The van der Waals surface area contributed by atoms with E-state index in [1.54, 1.807) is 0 Å². The normalized spacial score (nSPS) is 12.2. The fourth-order valence-electron chi connectivity index (χ4n) is 1.45. The summed E-state index contributed by atoms with van der Waals surface area (Å²) in [6, 6.07) is 4.21. The first-order valence-corrected chi connectivity index (χ1v) is 7.01. The van der Waals surface area contributed by atoms with Crippen molar-refractivity contribution in [1.82, 2.24) is 5.32 Å². The molecule has 17 heavy (non-hydrogen) atoms. The monoisotopic (exact) mass is 369 g/mol. The van der Waals surface area contributed by atoms with Gasteiger partial charge in [0, 0.05) is 15.5 Å². The van der Waals surface area contributed by atoms with Crippen molar-refractivity contribution in [3.8, 4) is 0 Å². The van der Waals surface area contributed by atoms with Gasteiger partial charge in [-0.2, -0.15) is 0 Å². The van der Waals surface area contributed by atoms with Crippen LogP contribution in [0.5, 0.6) is 0 Å². The molecule has 5 heteroatoms. The average Bonchev–Trinajstić information content (AvgIpc) is 2.28. The van der Waals surface area contributed by atoms with Crippen molar-refractivity contribution < 1.29 is 9.18 Å². The minimum absolute atomic E-state index is 0.0702. The van der Waals surface area contributed by atoms with Gasteiger partial charge in [0.25, 0.3) is 5.91 Å². The van der Waals surface area contributed by atoms with Gasteiger partial charge in [0.1, 0.15) is 5.82 Å². The quantitative estimate of drug-likeness (QED) is 0.624. The summed E-state index contributed by atoms with van der Waals surface area (Å²) in [6.07, 6.45) is 1.57. The number of halogens is 3. The van der Waals surface area contributed by atoms with E-state index in [-0.39, 0.29) is 17.8 Å². The number of alkyl halides is 1. The summed E-state index contributed by atoms with van der Waals surface area (Å²) >= 11 is 7.61. The van der Waals surface area contributed by atoms with Crippen LogP contribution in [-0.2, 0) is 0 Å². The first kappa shape index (κ1) is 14.7. The summed E-state index contributed by atoms with van der Waals surface area (Å²) in [7, 11) is 0. The largest absolute Gasteiger partial charge is 0.349 e. The Labute approximate surface area is 119 Å². The summed E-state index contributed by atoms with van der Waals surface area (Å²) in [5, 5.41) is 2.89. The third kappa shape index (κ3) is 4.43. The maximum Gasteiger partial charge on any atom is 0.252 e. The van der Waals surface area contributed by atoms with Crippen LogP contribution in [0.1, 0.15) is 30.1 Å². The number of hydrogen-bond donors (Lipinski definition) is 1. The van der Waals surface area contributed by atoms with E-state index in [0.29, 0.717) is 15.0 Å². The molecule has 1 rings (SSSR count). The summed E-state index contributed by atoms with van der Waals surface area (Å²) in [4.78, 5) is 11.9. The van der Waals surface area contributed by atoms with E-state index in [2.05, 4.69) is 5.32 Å². The Hall–Kier alpha value is -0.360. The van der Waals surface area contributed by atoms with Gasteiger partial charge in [0.2, 0.25) is 0 Å². The van der Waals surface area contributed by atoms with Crippen molar-refractivity contribution in [3.63, 3.8) is 0 Å². The molecule has 1 aromatic rings. The molecule has 0 aliphatic carbocycles. The molecule has 0 spiro atoms. The summed E-state index contributed by atoms with van der Waals surface area (Å²) in [5.41, 5.74) is 0.500. The van der Waals surface area contributed by atoms with Gasteiger partial charge >= 0.3 is 0 Å². The van der Waals surface area contributed by atoms with Gasteiger partial charge in [0.15, 0.2) is 0 Å². The SMILES string of the molecule is CCC(CCCl)NC(=O)c1ccc(F)cc1I. The molecular formula is C12H14ClFINO. The van der Waals surface area contributed by atoms with Crippen LogP contribution in [0.15, 0.2) is 18.2 Å². The van der Waals surface area contributed by atoms with E-state index in [1.807, 2.05) is 29.5 Å². The molecular weight excluding hydrogens is 355 g/mol. The maximum absolute atomic E-state index is 12.9. The van der Waals surface area contributed by atoms with E-state index >= 15 is 0 Å². The topological polar surface area (TPSA) is 29.1 Å². The highest BCUT2D eigenvalue weighted by atomic mass is 127. The lowest BCUT2D eigenvalue weighted by Gasteiger charge is -2.16. The van der Waals surface area contributed by atoms with E-state index in [0.717, 1.165) is 12.8 Å². The zero-order valence-electron chi connectivity index (χ0n) is 9.47. The standard InChI is InChI=1S/C12H14ClFINO/c1-2-9(5-6-13)16-12(17)10-4-3-8(14)7-11(10)15/h3-4,7,9H,2,5-6H2,1H3,(H,16,17). The Morgan fingerprint density at radius 2 is 2.29 bits per heavy atom. The minimum atomic E-state index is -0.334. The molecule has 0 aliphatic heterocycles. The molecule has 1 N–H and O–H groups in total. The van der Waals surface area contributed by atoms with Gasteiger partial charge in [0.05, 0.1) is 5.56 Å². The molecule has 2 nitrogen and oxygen atoms in total. The minimum Gasteiger partial charge on any atom is -0.349 e. The zero-order valence-corrected chi connectivity index (χ0v) is 12.4. The van der Waals surface area contributed by atoms with Crippen molar-refractivity contribution in [2.75, 3.05) is 5.88 Å². The van der Waals surface area contributed by atoms with E-state index in [4.69, 9.17) is 11.6 Å². The fraction of sp³-hybridized carbons (Fsp3) is 0.417. The summed E-state index contributed by atoms with van der Waals surface area (Å²) < 4.78 is 13.5. The van der Waals surface area contributed by atoms with Crippen molar-refractivity contribution in [3.05, 3.63) is 33.1 Å². The molecule has 94 valence electrons. The van der Waals surface area contributed by atoms with Crippen LogP contribution in [0.3, 0.4) is 0 Å². The lowest BCUT2D eigenvalue weighted by molar-refractivity contribution is 0.0934. The third-order valence-corrected chi connectivity index (χ3v) is 3.57. The van der Waals surface area contributed by atoms with Crippen molar-refractivity contribution in [1.29, 1.82) is 0 Å². The molecule has 0 bridgehead atoms. The van der Waals surface area contributed by atoms with Gasteiger partial charge in [-0.3, -0.25) is 4.79 Å². The predicted molar refractivity (Wildman–Crippen MR) is 76.0 cm³/mol. The molecule has 1 amide bonds. The van der Waals surface area contributed by atoms with Gasteiger partial charge in [-0.15, -0.1) is 11.6 Å². The second-order valence-corrected chi connectivity index (χ2v) is 5.22. The fourth-order valence-corrected chi connectivity index (χ4v) is 2.43. The molecule has 0 fully saturated rings. The molecule has 0 radical (unpaired) electrons.